The molecule has 23 heavy (non-hydrogen) atoms. The van der Waals surface area contributed by atoms with Crippen LogP contribution < -0.4 is 5.32 Å². The first-order valence-corrected chi connectivity index (χ1v) is 9.03. The molecule has 0 saturated carbocycles. The fraction of sp³-hybridized carbons (Fsp3) is 0.625. The summed E-state index contributed by atoms with van der Waals surface area (Å²) in [6.45, 7) is 4.02. The highest BCUT2D eigenvalue weighted by molar-refractivity contribution is 7.10. The number of piperidine rings is 1. The van der Waals surface area contributed by atoms with Crippen LogP contribution in [0.5, 0.6) is 0 Å². The van der Waals surface area contributed by atoms with Gasteiger partial charge in [0.15, 0.2) is 0 Å². The minimum atomic E-state index is 0.0744. The molecule has 2 aliphatic rings. The van der Waals surface area contributed by atoms with Gasteiger partial charge in [0.25, 0.3) is 0 Å². The van der Waals surface area contributed by atoms with E-state index in [4.69, 9.17) is 4.74 Å². The first-order valence-electron chi connectivity index (χ1n) is 8.16. The minimum Gasteiger partial charge on any atom is -0.378 e. The summed E-state index contributed by atoms with van der Waals surface area (Å²) in [5.74, 6) is 0.0744. The van der Waals surface area contributed by atoms with E-state index in [1.165, 1.54) is 0 Å². The highest BCUT2D eigenvalue weighted by Gasteiger charge is 2.27. The molecule has 0 bridgehead atoms. The third-order valence-electron chi connectivity index (χ3n) is 4.33. The Balaban J connectivity index is 1.41. The zero-order valence-electron chi connectivity index (χ0n) is 13.2. The van der Waals surface area contributed by atoms with E-state index in [2.05, 4.69) is 5.32 Å². The standard InChI is InChI=1S/C16H23N3O3S/c20-15(12-14-2-1-11-23-14)17-13-3-5-18(6-4-13)16(21)19-7-9-22-10-8-19/h1-2,11,13H,3-10,12H2,(H,17,20). The normalized spacial score (nSPS) is 19.7. The quantitative estimate of drug-likeness (QED) is 0.905. The number of carbonyl (C=O) groups excluding carboxylic acids is 2. The lowest BCUT2D eigenvalue weighted by molar-refractivity contribution is -0.121. The van der Waals surface area contributed by atoms with Crippen molar-refractivity contribution in [3.8, 4) is 0 Å². The molecule has 7 heteroatoms. The van der Waals surface area contributed by atoms with E-state index in [1.54, 1.807) is 11.3 Å². The van der Waals surface area contributed by atoms with Crippen molar-refractivity contribution in [2.45, 2.75) is 25.3 Å². The summed E-state index contributed by atoms with van der Waals surface area (Å²) in [4.78, 5) is 29.3. The summed E-state index contributed by atoms with van der Waals surface area (Å²) in [7, 11) is 0. The fourth-order valence-corrected chi connectivity index (χ4v) is 3.72. The lowest BCUT2D eigenvalue weighted by Crippen LogP contribution is -2.52. The van der Waals surface area contributed by atoms with Crippen molar-refractivity contribution in [1.82, 2.24) is 15.1 Å². The highest BCUT2D eigenvalue weighted by Crippen LogP contribution is 2.14. The van der Waals surface area contributed by atoms with Crippen LogP contribution >= 0.6 is 11.3 Å². The maximum atomic E-state index is 12.4. The van der Waals surface area contributed by atoms with Crippen molar-refractivity contribution in [3.63, 3.8) is 0 Å². The Morgan fingerprint density at radius 3 is 2.52 bits per heavy atom. The van der Waals surface area contributed by atoms with Crippen molar-refractivity contribution >= 4 is 23.3 Å². The summed E-state index contributed by atoms with van der Waals surface area (Å²) in [6, 6.07) is 4.23. The Bertz CT molecular complexity index is 521. The van der Waals surface area contributed by atoms with Crippen LogP contribution in [-0.2, 0) is 16.0 Å². The average Bonchev–Trinajstić information content (AvgIpc) is 3.08. The number of hydrogen-bond donors (Lipinski definition) is 1. The topological polar surface area (TPSA) is 61.9 Å². The van der Waals surface area contributed by atoms with Crippen molar-refractivity contribution in [2.75, 3.05) is 39.4 Å². The summed E-state index contributed by atoms with van der Waals surface area (Å²) in [6.07, 6.45) is 2.10. The van der Waals surface area contributed by atoms with E-state index < -0.39 is 0 Å². The largest absolute Gasteiger partial charge is 0.378 e. The second kappa shape index (κ2) is 7.79. The Kier molecular flexibility index (Phi) is 5.51. The Labute approximate surface area is 140 Å². The van der Waals surface area contributed by atoms with Crippen LogP contribution in [0.2, 0.25) is 0 Å². The zero-order valence-corrected chi connectivity index (χ0v) is 14.0. The molecule has 0 aliphatic carbocycles. The first-order chi connectivity index (χ1) is 11.2. The molecule has 2 fully saturated rings. The molecule has 2 aliphatic heterocycles. The lowest BCUT2D eigenvalue weighted by atomic mass is 10.0. The van der Waals surface area contributed by atoms with Gasteiger partial charge in [0.2, 0.25) is 5.91 Å². The van der Waals surface area contributed by atoms with Gasteiger partial charge in [-0.15, -0.1) is 11.3 Å². The Hall–Kier alpha value is -1.60. The molecule has 0 aromatic carbocycles. The van der Waals surface area contributed by atoms with Gasteiger partial charge in [-0.3, -0.25) is 4.79 Å². The molecule has 1 aromatic heterocycles. The molecule has 0 atom stereocenters. The molecule has 0 spiro atoms. The van der Waals surface area contributed by atoms with E-state index in [0.717, 1.165) is 17.7 Å². The molecule has 3 amide bonds. The van der Waals surface area contributed by atoms with Crippen LogP contribution in [0.15, 0.2) is 17.5 Å². The van der Waals surface area contributed by atoms with E-state index in [9.17, 15) is 9.59 Å². The smallest absolute Gasteiger partial charge is 0.320 e. The molecule has 6 nitrogen and oxygen atoms in total. The van der Waals surface area contributed by atoms with Gasteiger partial charge in [-0.25, -0.2) is 4.79 Å². The van der Waals surface area contributed by atoms with Crippen LogP contribution in [0.3, 0.4) is 0 Å². The van der Waals surface area contributed by atoms with Gasteiger partial charge in [0.05, 0.1) is 19.6 Å². The fourth-order valence-electron chi connectivity index (χ4n) is 3.02. The number of likely N-dealkylation sites (tertiary alicyclic amines) is 1. The summed E-state index contributed by atoms with van der Waals surface area (Å²) >= 11 is 1.60. The number of amides is 3. The molecule has 0 radical (unpaired) electrons. The number of nitrogens with zero attached hydrogens (tertiary/aromatic N) is 2. The van der Waals surface area contributed by atoms with Gasteiger partial charge >= 0.3 is 6.03 Å². The van der Waals surface area contributed by atoms with E-state index in [0.29, 0.717) is 45.8 Å². The predicted octanol–water partition coefficient (Wildman–Crippen LogP) is 1.32. The van der Waals surface area contributed by atoms with Crippen LogP contribution in [0, 0.1) is 0 Å². The van der Waals surface area contributed by atoms with Crippen LogP contribution in [0.25, 0.3) is 0 Å². The predicted molar refractivity (Wildman–Crippen MR) is 88.5 cm³/mol. The Morgan fingerprint density at radius 1 is 1.17 bits per heavy atom. The third kappa shape index (κ3) is 4.45. The number of morpholine rings is 1. The summed E-state index contributed by atoms with van der Waals surface area (Å²) < 4.78 is 5.28. The number of thiophene rings is 1. The molecule has 1 N–H and O–H groups in total. The zero-order chi connectivity index (χ0) is 16.1. The highest BCUT2D eigenvalue weighted by atomic mass is 32.1. The number of rotatable bonds is 3. The number of hydrogen-bond acceptors (Lipinski definition) is 4. The number of urea groups is 1. The first kappa shape index (κ1) is 16.3. The van der Waals surface area contributed by atoms with Crippen LogP contribution in [0.1, 0.15) is 17.7 Å². The maximum Gasteiger partial charge on any atom is 0.320 e. The monoisotopic (exact) mass is 337 g/mol. The van der Waals surface area contributed by atoms with Gasteiger partial charge in [-0.1, -0.05) is 6.07 Å². The lowest BCUT2D eigenvalue weighted by Gasteiger charge is -2.37. The molecular formula is C16H23N3O3S. The summed E-state index contributed by atoms with van der Waals surface area (Å²) in [5, 5.41) is 5.08. The van der Waals surface area contributed by atoms with Crippen molar-refractivity contribution in [2.24, 2.45) is 0 Å². The average molecular weight is 337 g/mol. The van der Waals surface area contributed by atoms with Gasteiger partial charge in [0.1, 0.15) is 0 Å². The van der Waals surface area contributed by atoms with Crippen LogP contribution in [-0.4, -0.2) is 67.2 Å². The maximum absolute atomic E-state index is 12.4. The molecule has 0 unspecified atom stereocenters. The van der Waals surface area contributed by atoms with Gasteiger partial charge in [0, 0.05) is 37.1 Å². The third-order valence-corrected chi connectivity index (χ3v) is 5.20. The second-order valence-electron chi connectivity index (χ2n) is 5.97. The van der Waals surface area contributed by atoms with Crippen molar-refractivity contribution < 1.29 is 14.3 Å². The van der Waals surface area contributed by atoms with E-state index in [-0.39, 0.29) is 18.0 Å². The molecule has 1 aromatic rings. The number of carbonyl (C=O) groups is 2. The SMILES string of the molecule is O=C(Cc1cccs1)NC1CCN(C(=O)N2CCOCC2)CC1. The summed E-state index contributed by atoms with van der Waals surface area (Å²) in [5.41, 5.74) is 0. The van der Waals surface area contributed by atoms with Crippen LogP contribution in [0.4, 0.5) is 4.79 Å². The van der Waals surface area contributed by atoms with Gasteiger partial charge in [-0.2, -0.15) is 0 Å². The Morgan fingerprint density at radius 2 is 1.87 bits per heavy atom. The molecular weight excluding hydrogens is 314 g/mol. The van der Waals surface area contributed by atoms with Gasteiger partial charge in [-0.05, 0) is 24.3 Å². The van der Waals surface area contributed by atoms with Crippen molar-refractivity contribution in [3.05, 3.63) is 22.4 Å². The van der Waals surface area contributed by atoms with Gasteiger partial charge < -0.3 is 19.9 Å². The number of nitrogens with one attached hydrogen (secondary N) is 1. The molecule has 3 heterocycles. The number of ether oxygens (including phenoxy) is 1. The minimum absolute atomic E-state index is 0.0744. The van der Waals surface area contributed by atoms with E-state index >= 15 is 0 Å². The second-order valence-corrected chi connectivity index (χ2v) is 7.00. The van der Waals surface area contributed by atoms with E-state index in [1.807, 2.05) is 27.3 Å². The molecule has 2 saturated heterocycles. The van der Waals surface area contributed by atoms with Crippen molar-refractivity contribution in [1.29, 1.82) is 0 Å². The molecule has 126 valence electrons. The molecule has 3 rings (SSSR count).